The van der Waals surface area contributed by atoms with Crippen LogP contribution in [-0.4, -0.2) is 28.6 Å². The van der Waals surface area contributed by atoms with Crippen molar-refractivity contribution >= 4 is 0 Å². The average molecular weight is 275 g/mol. The van der Waals surface area contributed by atoms with Gasteiger partial charge >= 0.3 is 0 Å². The van der Waals surface area contributed by atoms with Crippen LogP contribution in [0.5, 0.6) is 0 Å². The first-order valence-corrected chi connectivity index (χ1v) is 8.16. The molecule has 1 heterocycles. The third-order valence-corrected chi connectivity index (χ3v) is 4.81. The van der Waals surface area contributed by atoms with Gasteiger partial charge in [-0.05, 0) is 50.8 Å². The molecule has 0 amide bonds. The van der Waals surface area contributed by atoms with Crippen molar-refractivity contribution in [1.29, 1.82) is 0 Å². The van der Waals surface area contributed by atoms with E-state index in [0.29, 0.717) is 6.04 Å². The molecular weight excluding hydrogens is 246 g/mol. The molecule has 0 aliphatic carbocycles. The smallest absolute Gasteiger partial charge is 0.0942 e. The van der Waals surface area contributed by atoms with Gasteiger partial charge in [0.05, 0.1) is 6.10 Å². The van der Waals surface area contributed by atoms with E-state index in [4.69, 9.17) is 0 Å². The van der Waals surface area contributed by atoms with Crippen LogP contribution in [0.1, 0.15) is 63.7 Å². The number of hydrogen-bond donors (Lipinski definition) is 1. The molecule has 0 radical (unpaired) electrons. The fourth-order valence-corrected chi connectivity index (χ4v) is 3.31. The maximum absolute atomic E-state index is 10.7. The van der Waals surface area contributed by atoms with Crippen molar-refractivity contribution in [2.45, 2.75) is 71.1 Å². The second kappa shape index (κ2) is 7.24. The predicted octanol–water partition coefficient (Wildman–Crippen LogP) is 3.94. The Labute approximate surface area is 123 Å². The molecule has 1 N–H and O–H groups in total. The van der Waals surface area contributed by atoms with E-state index in [2.05, 4.69) is 49.9 Å². The number of nitrogens with zero attached hydrogens (tertiary/aromatic N) is 1. The van der Waals surface area contributed by atoms with Gasteiger partial charge in [-0.2, -0.15) is 0 Å². The minimum atomic E-state index is -0.388. The molecule has 1 aliphatic heterocycles. The Balaban J connectivity index is 2.07. The summed E-state index contributed by atoms with van der Waals surface area (Å²) < 4.78 is 0. The average Bonchev–Trinajstić information content (AvgIpc) is 2.70. The summed E-state index contributed by atoms with van der Waals surface area (Å²) >= 11 is 0. The van der Waals surface area contributed by atoms with Crippen LogP contribution in [-0.2, 0) is 6.42 Å². The molecule has 0 aromatic heterocycles. The van der Waals surface area contributed by atoms with E-state index in [-0.39, 0.29) is 12.1 Å². The summed E-state index contributed by atoms with van der Waals surface area (Å²) in [7, 11) is 0. The topological polar surface area (TPSA) is 23.5 Å². The third kappa shape index (κ3) is 3.62. The van der Waals surface area contributed by atoms with Gasteiger partial charge in [0, 0.05) is 12.1 Å². The minimum absolute atomic E-state index is 0.190. The van der Waals surface area contributed by atoms with Gasteiger partial charge in [0.15, 0.2) is 0 Å². The number of benzene rings is 1. The fraction of sp³-hybridized carbons (Fsp3) is 0.667. The monoisotopic (exact) mass is 275 g/mol. The van der Waals surface area contributed by atoms with E-state index in [9.17, 15) is 5.11 Å². The van der Waals surface area contributed by atoms with Crippen molar-refractivity contribution in [1.82, 2.24) is 4.90 Å². The molecule has 1 fully saturated rings. The molecule has 1 aliphatic rings. The molecule has 0 spiro atoms. The molecule has 1 saturated heterocycles. The molecule has 0 bridgehead atoms. The Morgan fingerprint density at radius 2 is 1.90 bits per heavy atom. The van der Waals surface area contributed by atoms with E-state index in [1.165, 1.54) is 31.2 Å². The van der Waals surface area contributed by atoms with Crippen LogP contribution in [0.15, 0.2) is 24.3 Å². The quantitative estimate of drug-likeness (QED) is 0.900. The highest BCUT2D eigenvalue weighted by Crippen LogP contribution is 2.26. The minimum Gasteiger partial charge on any atom is -0.387 e. The normalized spacial score (nSPS) is 24.1. The van der Waals surface area contributed by atoms with E-state index >= 15 is 0 Å². The van der Waals surface area contributed by atoms with Gasteiger partial charge in [-0.1, -0.05) is 44.0 Å². The Hall–Kier alpha value is -0.860. The first kappa shape index (κ1) is 15.5. The van der Waals surface area contributed by atoms with Gasteiger partial charge in [0.1, 0.15) is 0 Å². The zero-order chi connectivity index (χ0) is 14.5. The maximum Gasteiger partial charge on any atom is 0.0942 e. The molecule has 1 aromatic carbocycles. The lowest BCUT2D eigenvalue weighted by Gasteiger charge is -2.36. The molecular formula is C18H29NO. The summed E-state index contributed by atoms with van der Waals surface area (Å²) in [6.07, 6.45) is 5.83. The van der Waals surface area contributed by atoms with Crippen molar-refractivity contribution in [3.63, 3.8) is 0 Å². The number of aliphatic hydroxyl groups is 1. The van der Waals surface area contributed by atoms with Crippen LogP contribution < -0.4 is 0 Å². The van der Waals surface area contributed by atoms with Crippen LogP contribution in [0.2, 0.25) is 0 Å². The first-order chi connectivity index (χ1) is 9.63. The van der Waals surface area contributed by atoms with Gasteiger partial charge in [-0.3, -0.25) is 4.90 Å². The number of aryl methyl sites for hydroxylation is 1. The van der Waals surface area contributed by atoms with E-state index in [0.717, 1.165) is 18.5 Å². The lowest BCUT2D eigenvalue weighted by molar-refractivity contribution is 0.0377. The van der Waals surface area contributed by atoms with Gasteiger partial charge in [0.25, 0.3) is 0 Å². The van der Waals surface area contributed by atoms with Crippen molar-refractivity contribution in [2.75, 3.05) is 6.54 Å². The Bertz CT molecular complexity index is 400. The molecule has 3 atom stereocenters. The van der Waals surface area contributed by atoms with E-state index in [1.54, 1.807) is 0 Å². The second-order valence-corrected chi connectivity index (χ2v) is 6.22. The van der Waals surface area contributed by atoms with Gasteiger partial charge in [-0.25, -0.2) is 0 Å². The standard InChI is InChI=1S/C18H29NO/c1-4-16-9-11-17(12-10-16)18(20)15(3)19-13-7-5-6-8-14(19)2/h9-12,14-15,18,20H,4-8,13H2,1-3H3. The maximum atomic E-state index is 10.7. The van der Waals surface area contributed by atoms with Gasteiger partial charge in [-0.15, -0.1) is 0 Å². The number of rotatable bonds is 4. The summed E-state index contributed by atoms with van der Waals surface area (Å²) in [5.41, 5.74) is 2.38. The molecule has 2 rings (SSSR count). The highest BCUT2D eigenvalue weighted by Gasteiger charge is 2.27. The van der Waals surface area contributed by atoms with E-state index in [1.807, 2.05) is 0 Å². The summed E-state index contributed by atoms with van der Waals surface area (Å²) in [5, 5.41) is 10.7. The zero-order valence-electron chi connectivity index (χ0n) is 13.2. The molecule has 20 heavy (non-hydrogen) atoms. The third-order valence-electron chi connectivity index (χ3n) is 4.81. The Morgan fingerprint density at radius 3 is 2.55 bits per heavy atom. The van der Waals surface area contributed by atoms with Gasteiger partial charge in [0.2, 0.25) is 0 Å². The summed E-state index contributed by atoms with van der Waals surface area (Å²) in [4.78, 5) is 2.49. The predicted molar refractivity (Wildman–Crippen MR) is 84.9 cm³/mol. The van der Waals surface area contributed by atoms with Crippen LogP contribution in [0.3, 0.4) is 0 Å². The number of hydrogen-bond acceptors (Lipinski definition) is 2. The molecule has 2 nitrogen and oxygen atoms in total. The van der Waals surface area contributed by atoms with Crippen molar-refractivity contribution < 1.29 is 5.11 Å². The highest BCUT2D eigenvalue weighted by atomic mass is 16.3. The first-order valence-electron chi connectivity index (χ1n) is 8.16. The number of aliphatic hydroxyl groups excluding tert-OH is 1. The Kier molecular flexibility index (Phi) is 5.62. The Morgan fingerprint density at radius 1 is 1.20 bits per heavy atom. The van der Waals surface area contributed by atoms with Crippen molar-refractivity contribution in [2.24, 2.45) is 0 Å². The largest absolute Gasteiger partial charge is 0.387 e. The van der Waals surface area contributed by atoms with Crippen LogP contribution in [0, 0.1) is 0 Å². The van der Waals surface area contributed by atoms with Gasteiger partial charge < -0.3 is 5.11 Å². The number of likely N-dealkylation sites (tertiary alicyclic amines) is 1. The van der Waals surface area contributed by atoms with Crippen molar-refractivity contribution in [3.05, 3.63) is 35.4 Å². The van der Waals surface area contributed by atoms with Crippen molar-refractivity contribution in [3.8, 4) is 0 Å². The highest BCUT2D eigenvalue weighted by molar-refractivity contribution is 5.25. The SMILES string of the molecule is CCc1ccc(C(O)C(C)N2CCCCCC2C)cc1. The van der Waals surface area contributed by atoms with Crippen LogP contribution in [0.4, 0.5) is 0 Å². The summed E-state index contributed by atoms with van der Waals surface area (Å²) in [6, 6.07) is 9.21. The fourth-order valence-electron chi connectivity index (χ4n) is 3.31. The second-order valence-electron chi connectivity index (χ2n) is 6.22. The summed E-state index contributed by atoms with van der Waals surface area (Å²) in [5.74, 6) is 0. The molecule has 112 valence electrons. The lowest BCUT2D eigenvalue weighted by atomic mass is 9.99. The molecule has 2 heteroatoms. The van der Waals surface area contributed by atoms with E-state index < -0.39 is 0 Å². The van der Waals surface area contributed by atoms with Crippen LogP contribution in [0.25, 0.3) is 0 Å². The summed E-state index contributed by atoms with van der Waals surface area (Å²) in [6.45, 7) is 7.74. The molecule has 1 aromatic rings. The molecule has 0 saturated carbocycles. The lowest BCUT2D eigenvalue weighted by Crippen LogP contribution is -2.43. The zero-order valence-corrected chi connectivity index (χ0v) is 13.2. The molecule has 3 unspecified atom stereocenters. The van der Waals surface area contributed by atoms with Crippen LogP contribution >= 0.6 is 0 Å².